The van der Waals surface area contributed by atoms with Crippen LogP contribution < -0.4 is 15.5 Å². The molecule has 2 aromatic heterocycles. The number of anilines is 3. The van der Waals surface area contributed by atoms with E-state index < -0.39 is 0 Å². The molecule has 0 fully saturated rings. The van der Waals surface area contributed by atoms with Crippen LogP contribution in [-0.4, -0.2) is 36.1 Å². The molecule has 0 saturated heterocycles. The molecule has 0 aliphatic heterocycles. The number of hydrogen-bond acceptors (Lipinski definition) is 10. The number of rotatable bonds is 9. The molecule has 2 N–H and O–H groups in total. The number of thiazole rings is 2. The third kappa shape index (κ3) is 4.84. The van der Waals surface area contributed by atoms with Crippen LogP contribution in [0.25, 0.3) is 10.6 Å². The van der Waals surface area contributed by atoms with E-state index in [2.05, 4.69) is 58.8 Å². The summed E-state index contributed by atoms with van der Waals surface area (Å²) < 4.78 is 0. The van der Waals surface area contributed by atoms with Crippen LogP contribution in [0.4, 0.5) is 26.8 Å². The Bertz CT molecular complexity index is 1090. The Morgan fingerprint density at radius 1 is 0.935 bits per heavy atom. The van der Waals surface area contributed by atoms with Crippen LogP contribution in [0.15, 0.2) is 34.5 Å². The molecule has 0 spiro atoms. The maximum Gasteiger partial charge on any atom is 0.188 e. The van der Waals surface area contributed by atoms with E-state index in [9.17, 15) is 5.26 Å². The standard InChI is InChI=1S/C21H26N8S2/c1-5-28(6-2)20-24-16(17-18(23)25-21(30-17)29(7-3)8-4)19(31-20)27-26-15-12-10-9-11-14(15)13-22/h9-12H,5-8,23H2,1-4H3. The largest absolute Gasteiger partial charge is 0.382 e. The number of aromatic nitrogens is 2. The summed E-state index contributed by atoms with van der Waals surface area (Å²) in [5.41, 5.74) is 7.98. The van der Waals surface area contributed by atoms with Gasteiger partial charge in [-0.05, 0) is 39.8 Å². The van der Waals surface area contributed by atoms with Gasteiger partial charge in [0.25, 0.3) is 0 Å². The zero-order valence-corrected chi connectivity index (χ0v) is 19.8. The van der Waals surface area contributed by atoms with Crippen molar-refractivity contribution in [3.05, 3.63) is 29.8 Å². The van der Waals surface area contributed by atoms with Crippen molar-refractivity contribution in [1.82, 2.24) is 9.97 Å². The summed E-state index contributed by atoms with van der Waals surface area (Å²) in [6.07, 6.45) is 0. The van der Waals surface area contributed by atoms with Crippen molar-refractivity contribution in [3.8, 4) is 16.6 Å². The van der Waals surface area contributed by atoms with Crippen molar-refractivity contribution in [2.75, 3.05) is 41.7 Å². The summed E-state index contributed by atoms with van der Waals surface area (Å²) in [5.74, 6) is 0.442. The fourth-order valence-corrected chi connectivity index (χ4v) is 5.21. The molecule has 162 valence electrons. The first kappa shape index (κ1) is 22.7. The van der Waals surface area contributed by atoms with Gasteiger partial charge in [0.15, 0.2) is 15.3 Å². The molecule has 0 saturated carbocycles. The Hall–Kier alpha value is -3.03. The average Bonchev–Trinajstić information content (AvgIpc) is 3.37. The van der Waals surface area contributed by atoms with Crippen molar-refractivity contribution in [2.45, 2.75) is 27.7 Å². The third-order valence-electron chi connectivity index (χ3n) is 4.80. The zero-order valence-electron chi connectivity index (χ0n) is 18.2. The molecule has 0 bridgehead atoms. The van der Waals surface area contributed by atoms with Gasteiger partial charge >= 0.3 is 0 Å². The molecule has 0 radical (unpaired) electrons. The number of nitriles is 1. The van der Waals surface area contributed by atoms with E-state index in [1.165, 1.54) is 22.7 Å². The molecule has 1 aromatic carbocycles. The highest BCUT2D eigenvalue weighted by molar-refractivity contribution is 7.22. The summed E-state index contributed by atoms with van der Waals surface area (Å²) in [4.78, 5) is 14.5. The average molecular weight is 455 g/mol. The second-order valence-electron chi connectivity index (χ2n) is 6.53. The lowest BCUT2D eigenvalue weighted by atomic mass is 10.2. The molecule has 10 heteroatoms. The van der Waals surface area contributed by atoms with Crippen LogP contribution in [-0.2, 0) is 0 Å². The normalized spacial score (nSPS) is 11.1. The predicted octanol–water partition coefficient (Wildman–Crippen LogP) is 5.83. The summed E-state index contributed by atoms with van der Waals surface area (Å²) in [5, 5.41) is 20.5. The van der Waals surface area contributed by atoms with Crippen LogP contribution in [0.3, 0.4) is 0 Å². The minimum Gasteiger partial charge on any atom is -0.382 e. The van der Waals surface area contributed by atoms with Gasteiger partial charge in [0, 0.05) is 26.2 Å². The fourth-order valence-electron chi connectivity index (χ4n) is 3.02. The van der Waals surface area contributed by atoms with Gasteiger partial charge in [-0.15, -0.1) is 10.2 Å². The Kier molecular flexibility index (Phi) is 7.55. The maximum atomic E-state index is 9.33. The Morgan fingerprint density at radius 2 is 1.55 bits per heavy atom. The first-order valence-corrected chi connectivity index (χ1v) is 11.9. The molecule has 0 atom stereocenters. The minimum absolute atomic E-state index is 0.442. The van der Waals surface area contributed by atoms with Crippen molar-refractivity contribution in [1.29, 1.82) is 5.26 Å². The van der Waals surface area contributed by atoms with E-state index in [1.807, 2.05) is 6.07 Å². The summed E-state index contributed by atoms with van der Waals surface area (Å²) in [6.45, 7) is 11.7. The SMILES string of the molecule is CCN(CC)c1nc(-c2sc(N(CC)CC)nc2N)c(N=Nc2ccccc2C#N)s1. The van der Waals surface area contributed by atoms with E-state index in [4.69, 9.17) is 10.7 Å². The van der Waals surface area contributed by atoms with E-state index in [0.717, 1.165) is 41.3 Å². The highest BCUT2D eigenvalue weighted by atomic mass is 32.1. The molecular weight excluding hydrogens is 428 g/mol. The minimum atomic E-state index is 0.442. The predicted molar refractivity (Wildman–Crippen MR) is 130 cm³/mol. The second-order valence-corrected chi connectivity index (χ2v) is 8.47. The lowest BCUT2D eigenvalue weighted by Crippen LogP contribution is -2.21. The number of nitrogen functional groups attached to an aromatic ring is 1. The lowest BCUT2D eigenvalue weighted by Gasteiger charge is -2.16. The van der Waals surface area contributed by atoms with E-state index in [1.54, 1.807) is 18.2 Å². The molecule has 0 aliphatic carbocycles. The molecule has 0 aliphatic rings. The number of azo groups is 1. The fraction of sp³-hybridized carbons (Fsp3) is 0.381. The van der Waals surface area contributed by atoms with E-state index in [-0.39, 0.29) is 0 Å². The van der Waals surface area contributed by atoms with Crippen LogP contribution in [0, 0.1) is 11.3 Å². The second kappa shape index (κ2) is 10.3. The number of nitrogens with two attached hydrogens (primary N) is 1. The van der Waals surface area contributed by atoms with Crippen molar-refractivity contribution in [3.63, 3.8) is 0 Å². The Labute approximate surface area is 190 Å². The molecule has 0 amide bonds. The molecular formula is C21H26N8S2. The van der Waals surface area contributed by atoms with Gasteiger partial charge < -0.3 is 15.5 Å². The number of benzene rings is 1. The van der Waals surface area contributed by atoms with E-state index >= 15 is 0 Å². The van der Waals surface area contributed by atoms with Gasteiger partial charge in [0.05, 0.1) is 5.56 Å². The van der Waals surface area contributed by atoms with Gasteiger partial charge in [-0.2, -0.15) is 5.26 Å². The number of nitrogens with zero attached hydrogens (tertiary/aromatic N) is 7. The monoisotopic (exact) mass is 454 g/mol. The highest BCUT2D eigenvalue weighted by Crippen LogP contribution is 2.46. The third-order valence-corrected chi connectivity index (χ3v) is 6.94. The van der Waals surface area contributed by atoms with Crippen molar-refractivity contribution < 1.29 is 0 Å². The molecule has 31 heavy (non-hydrogen) atoms. The van der Waals surface area contributed by atoms with Crippen LogP contribution in [0.1, 0.15) is 33.3 Å². The van der Waals surface area contributed by atoms with Crippen LogP contribution >= 0.6 is 22.7 Å². The molecule has 8 nitrogen and oxygen atoms in total. The van der Waals surface area contributed by atoms with Crippen LogP contribution in [0.5, 0.6) is 0 Å². The van der Waals surface area contributed by atoms with Gasteiger partial charge in [-0.1, -0.05) is 34.8 Å². The topological polar surface area (TPSA) is 107 Å². The number of hydrogen-bond donors (Lipinski definition) is 1. The summed E-state index contributed by atoms with van der Waals surface area (Å²) in [6, 6.07) is 9.29. The zero-order chi connectivity index (χ0) is 22.4. The molecule has 2 heterocycles. The summed E-state index contributed by atoms with van der Waals surface area (Å²) >= 11 is 2.98. The van der Waals surface area contributed by atoms with Gasteiger partial charge in [-0.3, -0.25) is 0 Å². The molecule has 3 rings (SSSR count). The van der Waals surface area contributed by atoms with Gasteiger partial charge in [0.2, 0.25) is 0 Å². The van der Waals surface area contributed by atoms with Crippen molar-refractivity contribution >= 4 is 49.4 Å². The lowest BCUT2D eigenvalue weighted by molar-refractivity contribution is 0.860. The Balaban J connectivity index is 2.09. The smallest absolute Gasteiger partial charge is 0.188 e. The first-order valence-electron chi connectivity index (χ1n) is 10.2. The maximum absolute atomic E-state index is 9.33. The van der Waals surface area contributed by atoms with Crippen molar-refractivity contribution in [2.24, 2.45) is 10.2 Å². The highest BCUT2D eigenvalue weighted by Gasteiger charge is 2.22. The Morgan fingerprint density at radius 3 is 2.16 bits per heavy atom. The molecule has 0 unspecified atom stereocenters. The molecule has 3 aromatic rings. The van der Waals surface area contributed by atoms with Crippen LogP contribution in [0.2, 0.25) is 0 Å². The quantitative estimate of drug-likeness (QED) is 0.408. The van der Waals surface area contributed by atoms with Gasteiger partial charge in [-0.25, -0.2) is 9.97 Å². The first-order chi connectivity index (χ1) is 15.1. The summed E-state index contributed by atoms with van der Waals surface area (Å²) in [7, 11) is 0. The van der Waals surface area contributed by atoms with E-state index in [0.29, 0.717) is 27.8 Å². The van der Waals surface area contributed by atoms with Gasteiger partial charge in [0.1, 0.15) is 28.1 Å².